The molecule has 0 bridgehead atoms. The molecule has 0 radical (unpaired) electrons. The maximum absolute atomic E-state index is 11.0. The number of rotatable bonds is 1. The van der Waals surface area contributed by atoms with Gasteiger partial charge < -0.3 is 25.2 Å². The van der Waals surface area contributed by atoms with Gasteiger partial charge in [-0.15, -0.1) is 0 Å². The van der Waals surface area contributed by atoms with Crippen LogP contribution in [0.5, 0.6) is 17.2 Å². The first kappa shape index (κ1) is 10.6. The highest BCUT2D eigenvalue weighted by Crippen LogP contribution is 2.35. The van der Waals surface area contributed by atoms with Crippen LogP contribution in [0.2, 0.25) is 0 Å². The molecule has 7 heteroatoms. The molecule has 7 nitrogen and oxygen atoms in total. The Hall–Kier alpha value is -2.44. The normalized spacial score (nSPS) is 9.60. The fourth-order valence-electron chi connectivity index (χ4n) is 0.860. The van der Waals surface area contributed by atoms with Crippen molar-refractivity contribution in [1.82, 2.24) is 0 Å². The Balaban J connectivity index is 3.06. The van der Waals surface area contributed by atoms with Gasteiger partial charge in [-0.1, -0.05) is 0 Å². The first-order valence-electron chi connectivity index (χ1n) is 3.62. The molecule has 4 N–H and O–H groups in total. The molecular weight excluding hydrogens is 208 g/mol. The van der Waals surface area contributed by atoms with Crippen molar-refractivity contribution in [3.05, 3.63) is 17.7 Å². The lowest BCUT2D eigenvalue weighted by Crippen LogP contribution is -2.09. The number of hydrogen-bond acceptors (Lipinski definition) is 6. The van der Waals surface area contributed by atoms with E-state index >= 15 is 0 Å². The number of hydrogen-bond donors (Lipinski definition) is 4. The lowest BCUT2D eigenvalue weighted by atomic mass is 10.2. The Morgan fingerprint density at radius 1 is 1.07 bits per heavy atom. The van der Waals surface area contributed by atoms with Crippen LogP contribution in [0.3, 0.4) is 0 Å². The van der Waals surface area contributed by atoms with E-state index in [-0.39, 0.29) is 0 Å². The van der Waals surface area contributed by atoms with Crippen LogP contribution in [-0.2, 0) is 4.74 Å². The number of benzene rings is 1. The summed E-state index contributed by atoms with van der Waals surface area (Å²) in [5.74, 6) is -3.59. The summed E-state index contributed by atoms with van der Waals surface area (Å²) in [6, 6.07) is 1.53. The number of phenols is 3. The van der Waals surface area contributed by atoms with Crippen molar-refractivity contribution in [2.45, 2.75) is 0 Å². The molecule has 0 unspecified atom stereocenters. The third-order valence-corrected chi connectivity index (χ3v) is 1.49. The number of esters is 1. The molecule has 0 fully saturated rings. The van der Waals surface area contributed by atoms with Gasteiger partial charge in [0.05, 0.1) is 5.56 Å². The van der Waals surface area contributed by atoms with Gasteiger partial charge in [-0.3, -0.25) is 0 Å². The van der Waals surface area contributed by atoms with Crippen LogP contribution in [0.1, 0.15) is 10.4 Å². The predicted octanol–water partition coefficient (Wildman–Crippen LogP) is 0.638. The highest BCUT2D eigenvalue weighted by atomic mass is 16.7. The highest BCUT2D eigenvalue weighted by molar-refractivity contribution is 5.96. The molecule has 0 aliphatic heterocycles. The Kier molecular flexibility index (Phi) is 2.65. The van der Waals surface area contributed by atoms with Crippen molar-refractivity contribution in [2.75, 3.05) is 0 Å². The zero-order chi connectivity index (χ0) is 11.6. The second-order valence-electron chi connectivity index (χ2n) is 2.52. The first-order valence-corrected chi connectivity index (χ1v) is 3.62. The number of carboxylic acid groups (broad SMARTS) is 1. The molecule has 15 heavy (non-hydrogen) atoms. The average Bonchev–Trinajstić information content (AvgIpc) is 2.12. The van der Waals surface area contributed by atoms with Gasteiger partial charge in [0.2, 0.25) is 0 Å². The number of aromatic hydroxyl groups is 3. The SMILES string of the molecule is O=C(O)OC(=O)c1cc(O)c(O)c(O)c1. The standard InChI is InChI=1S/C8H6O7/c9-4-1-3(2-5(10)6(4)11)7(12)15-8(13)14/h1-2,9-11H,(H,13,14). The zero-order valence-electron chi connectivity index (χ0n) is 7.17. The van der Waals surface area contributed by atoms with E-state index < -0.39 is 34.9 Å². The molecule has 1 aromatic rings. The molecule has 1 aromatic carbocycles. The summed E-state index contributed by atoms with van der Waals surface area (Å²) in [4.78, 5) is 21.0. The van der Waals surface area contributed by atoms with Gasteiger partial charge in [-0.2, -0.15) is 0 Å². The van der Waals surface area contributed by atoms with Gasteiger partial charge in [0, 0.05) is 0 Å². The number of carbonyl (C=O) groups excluding carboxylic acids is 1. The zero-order valence-corrected chi connectivity index (χ0v) is 7.17. The summed E-state index contributed by atoms with van der Waals surface area (Å²) in [6.07, 6.45) is -1.81. The molecule has 0 atom stereocenters. The Labute approximate surface area is 82.8 Å². The van der Waals surface area contributed by atoms with E-state index in [0.717, 1.165) is 12.1 Å². The summed E-state index contributed by atoms with van der Waals surface area (Å²) in [5, 5.41) is 35.0. The topological polar surface area (TPSA) is 124 Å². The van der Waals surface area contributed by atoms with Gasteiger partial charge in [-0.25, -0.2) is 9.59 Å². The number of carbonyl (C=O) groups is 2. The van der Waals surface area contributed by atoms with Crippen molar-refractivity contribution < 1.29 is 34.8 Å². The minimum absolute atomic E-state index is 0.398. The van der Waals surface area contributed by atoms with Crippen molar-refractivity contribution >= 4 is 12.1 Å². The average molecular weight is 214 g/mol. The molecule has 0 saturated carbocycles. The smallest absolute Gasteiger partial charge is 0.504 e. The lowest BCUT2D eigenvalue weighted by molar-refractivity contribution is 0.0508. The fourth-order valence-corrected chi connectivity index (χ4v) is 0.860. The number of ether oxygens (including phenoxy) is 1. The van der Waals surface area contributed by atoms with Gasteiger partial charge in [0.25, 0.3) is 0 Å². The molecule has 0 amide bonds. The number of phenolic OH excluding ortho intramolecular Hbond substituents is 3. The van der Waals surface area contributed by atoms with Crippen molar-refractivity contribution in [2.24, 2.45) is 0 Å². The van der Waals surface area contributed by atoms with E-state index in [4.69, 9.17) is 20.4 Å². The Morgan fingerprint density at radius 2 is 1.53 bits per heavy atom. The minimum atomic E-state index is -1.81. The van der Waals surface area contributed by atoms with Crippen LogP contribution in [0, 0.1) is 0 Å². The molecule has 0 aliphatic carbocycles. The van der Waals surface area contributed by atoms with E-state index in [9.17, 15) is 9.59 Å². The molecule has 1 rings (SSSR count). The molecule has 0 spiro atoms. The van der Waals surface area contributed by atoms with E-state index in [2.05, 4.69) is 4.74 Å². The largest absolute Gasteiger partial charge is 0.513 e. The highest BCUT2D eigenvalue weighted by Gasteiger charge is 2.16. The monoisotopic (exact) mass is 214 g/mol. The molecule has 80 valence electrons. The van der Waals surface area contributed by atoms with Crippen LogP contribution >= 0.6 is 0 Å². The van der Waals surface area contributed by atoms with Crippen LogP contribution in [0.4, 0.5) is 4.79 Å². The van der Waals surface area contributed by atoms with E-state index in [1.54, 1.807) is 0 Å². The molecule has 0 saturated heterocycles. The van der Waals surface area contributed by atoms with Crippen LogP contribution in [-0.4, -0.2) is 32.6 Å². The second-order valence-corrected chi connectivity index (χ2v) is 2.52. The second kappa shape index (κ2) is 3.74. The van der Waals surface area contributed by atoms with E-state index in [0.29, 0.717) is 0 Å². The van der Waals surface area contributed by atoms with Gasteiger partial charge in [0.1, 0.15) is 0 Å². The maximum Gasteiger partial charge on any atom is 0.513 e. The van der Waals surface area contributed by atoms with Crippen molar-refractivity contribution in [3.63, 3.8) is 0 Å². The van der Waals surface area contributed by atoms with Crippen molar-refractivity contribution in [3.8, 4) is 17.2 Å². The van der Waals surface area contributed by atoms with Crippen LogP contribution in [0.15, 0.2) is 12.1 Å². The summed E-state index contributed by atoms with van der Waals surface area (Å²) in [6.45, 7) is 0. The van der Waals surface area contributed by atoms with Gasteiger partial charge in [0.15, 0.2) is 17.2 Å². The van der Waals surface area contributed by atoms with Crippen molar-refractivity contribution in [1.29, 1.82) is 0 Å². The molecular formula is C8H6O7. The summed E-state index contributed by atoms with van der Waals surface area (Å²) in [5.41, 5.74) is -0.398. The maximum atomic E-state index is 11.0. The van der Waals surface area contributed by atoms with E-state index in [1.165, 1.54) is 0 Å². The minimum Gasteiger partial charge on any atom is -0.504 e. The first-order chi connectivity index (χ1) is 6.91. The fraction of sp³-hybridized carbons (Fsp3) is 0. The molecule has 0 heterocycles. The quantitative estimate of drug-likeness (QED) is 0.307. The third kappa shape index (κ3) is 2.27. The van der Waals surface area contributed by atoms with Crippen LogP contribution in [0.25, 0.3) is 0 Å². The molecule has 0 aromatic heterocycles. The van der Waals surface area contributed by atoms with E-state index in [1.807, 2.05) is 0 Å². The van der Waals surface area contributed by atoms with Crippen LogP contribution < -0.4 is 0 Å². The summed E-state index contributed by atoms with van der Waals surface area (Å²) < 4.78 is 3.76. The lowest BCUT2D eigenvalue weighted by Gasteiger charge is -2.03. The third-order valence-electron chi connectivity index (χ3n) is 1.49. The van der Waals surface area contributed by atoms with Gasteiger partial charge >= 0.3 is 12.1 Å². The predicted molar refractivity (Wildman–Crippen MR) is 44.9 cm³/mol. The Morgan fingerprint density at radius 3 is 1.93 bits per heavy atom. The summed E-state index contributed by atoms with van der Waals surface area (Å²) >= 11 is 0. The van der Waals surface area contributed by atoms with Gasteiger partial charge in [-0.05, 0) is 12.1 Å². The Bertz CT molecular complexity index is 400. The summed E-state index contributed by atoms with van der Waals surface area (Å²) in [7, 11) is 0. The molecule has 0 aliphatic rings.